The topological polar surface area (TPSA) is 55.1 Å². The molecule has 0 spiro atoms. The van der Waals surface area contributed by atoms with Gasteiger partial charge in [0, 0.05) is 17.6 Å². The Hall–Kier alpha value is -1.33. The molecule has 0 aliphatic heterocycles. The Morgan fingerprint density at radius 2 is 2.28 bits per heavy atom. The summed E-state index contributed by atoms with van der Waals surface area (Å²) in [5.41, 5.74) is 9.31. The Balaban J connectivity index is 2.04. The molecule has 2 rings (SSSR count). The zero-order valence-corrected chi connectivity index (χ0v) is 12.3. The van der Waals surface area contributed by atoms with Gasteiger partial charge in [0.25, 0.3) is 5.91 Å². The van der Waals surface area contributed by atoms with Gasteiger partial charge < -0.3 is 11.1 Å². The molecule has 18 heavy (non-hydrogen) atoms. The zero-order valence-electron chi connectivity index (χ0n) is 9.87. The minimum Gasteiger partial charge on any atom is -0.399 e. The molecule has 1 aromatic heterocycles. The van der Waals surface area contributed by atoms with Crippen LogP contribution in [-0.4, -0.2) is 5.91 Å². The largest absolute Gasteiger partial charge is 0.399 e. The van der Waals surface area contributed by atoms with Crippen molar-refractivity contribution in [3.8, 4) is 0 Å². The first kappa shape index (κ1) is 13.1. The van der Waals surface area contributed by atoms with Crippen LogP contribution in [0.15, 0.2) is 33.4 Å². The van der Waals surface area contributed by atoms with E-state index in [2.05, 4.69) is 21.2 Å². The van der Waals surface area contributed by atoms with Gasteiger partial charge in [0.2, 0.25) is 0 Å². The van der Waals surface area contributed by atoms with Crippen molar-refractivity contribution in [3.05, 3.63) is 50.1 Å². The van der Waals surface area contributed by atoms with Gasteiger partial charge in [-0.1, -0.05) is 12.1 Å². The van der Waals surface area contributed by atoms with Gasteiger partial charge in [-0.25, -0.2) is 0 Å². The van der Waals surface area contributed by atoms with Crippen LogP contribution < -0.4 is 11.1 Å². The minimum absolute atomic E-state index is 0.0706. The molecule has 0 fully saturated rings. The number of hydrogen-bond donors (Lipinski definition) is 2. The van der Waals surface area contributed by atoms with Crippen LogP contribution in [0.25, 0.3) is 0 Å². The predicted molar refractivity (Wildman–Crippen MR) is 78.8 cm³/mol. The molecule has 3 N–H and O–H groups in total. The molecule has 0 bridgehead atoms. The van der Waals surface area contributed by atoms with E-state index in [9.17, 15) is 4.79 Å². The molecule has 94 valence electrons. The van der Waals surface area contributed by atoms with E-state index in [0.29, 0.717) is 12.1 Å². The third-order valence-corrected chi connectivity index (χ3v) is 4.26. The highest BCUT2D eigenvalue weighted by atomic mass is 79.9. The molecule has 0 radical (unpaired) electrons. The summed E-state index contributed by atoms with van der Waals surface area (Å²) in [4.78, 5) is 11.9. The monoisotopic (exact) mass is 324 g/mol. The van der Waals surface area contributed by atoms with E-state index >= 15 is 0 Å². The van der Waals surface area contributed by atoms with Crippen molar-refractivity contribution in [1.29, 1.82) is 0 Å². The summed E-state index contributed by atoms with van der Waals surface area (Å²) in [5, 5.41) is 4.71. The molecule has 5 heteroatoms. The number of halogens is 1. The Morgan fingerprint density at radius 1 is 1.50 bits per heavy atom. The Kier molecular flexibility index (Phi) is 4.04. The standard InChI is InChI=1S/C13H13BrN2OS/c1-8-9(3-2-4-11(8)15)6-16-13(17)10-5-12(14)18-7-10/h2-5,7H,6,15H2,1H3,(H,16,17). The molecule has 0 atom stereocenters. The summed E-state index contributed by atoms with van der Waals surface area (Å²) in [7, 11) is 0. The van der Waals surface area contributed by atoms with Gasteiger partial charge in [0.15, 0.2) is 0 Å². The summed E-state index contributed by atoms with van der Waals surface area (Å²) >= 11 is 4.84. The van der Waals surface area contributed by atoms with Crippen LogP contribution in [0.1, 0.15) is 21.5 Å². The number of benzene rings is 1. The fourth-order valence-electron chi connectivity index (χ4n) is 1.60. The Bertz CT molecular complexity index is 580. The summed E-state index contributed by atoms with van der Waals surface area (Å²) in [6.45, 7) is 2.45. The van der Waals surface area contributed by atoms with Crippen LogP contribution in [0.5, 0.6) is 0 Å². The summed E-state index contributed by atoms with van der Waals surface area (Å²) in [6.07, 6.45) is 0. The van der Waals surface area contributed by atoms with Crippen molar-refractivity contribution in [3.63, 3.8) is 0 Å². The molecule has 0 aliphatic rings. The second-order valence-electron chi connectivity index (χ2n) is 3.95. The smallest absolute Gasteiger partial charge is 0.252 e. The van der Waals surface area contributed by atoms with Crippen LogP contribution >= 0.6 is 27.3 Å². The molecule has 1 aromatic carbocycles. The van der Waals surface area contributed by atoms with Crippen molar-refractivity contribution in [2.75, 3.05) is 5.73 Å². The van der Waals surface area contributed by atoms with E-state index in [1.165, 1.54) is 11.3 Å². The quantitative estimate of drug-likeness (QED) is 0.851. The summed E-state index contributed by atoms with van der Waals surface area (Å²) in [6, 6.07) is 7.53. The minimum atomic E-state index is -0.0706. The lowest BCUT2D eigenvalue weighted by atomic mass is 10.1. The second kappa shape index (κ2) is 5.54. The van der Waals surface area contributed by atoms with Crippen LogP contribution in [0.4, 0.5) is 5.69 Å². The fraction of sp³-hybridized carbons (Fsp3) is 0.154. The molecule has 0 aliphatic carbocycles. The SMILES string of the molecule is Cc1c(N)cccc1CNC(=O)c1csc(Br)c1. The zero-order chi connectivity index (χ0) is 13.1. The molecular weight excluding hydrogens is 312 g/mol. The summed E-state index contributed by atoms with van der Waals surface area (Å²) in [5.74, 6) is -0.0706. The molecule has 0 saturated carbocycles. The van der Waals surface area contributed by atoms with Crippen LogP contribution in [0, 0.1) is 6.92 Å². The first-order valence-electron chi connectivity index (χ1n) is 5.44. The first-order valence-corrected chi connectivity index (χ1v) is 7.11. The third kappa shape index (κ3) is 2.91. The average Bonchev–Trinajstić information content (AvgIpc) is 2.77. The molecule has 3 nitrogen and oxygen atoms in total. The Labute approximate surface area is 118 Å². The number of nitrogens with one attached hydrogen (secondary N) is 1. The maximum Gasteiger partial charge on any atom is 0.252 e. The van der Waals surface area contributed by atoms with Crippen molar-refractivity contribution < 1.29 is 4.79 Å². The molecule has 2 aromatic rings. The van der Waals surface area contributed by atoms with Gasteiger partial charge in [0.05, 0.1) is 9.35 Å². The number of anilines is 1. The lowest BCUT2D eigenvalue weighted by molar-refractivity contribution is 0.0951. The van der Waals surface area contributed by atoms with Crippen LogP contribution in [0.3, 0.4) is 0 Å². The maximum atomic E-state index is 11.9. The highest BCUT2D eigenvalue weighted by molar-refractivity contribution is 9.11. The van der Waals surface area contributed by atoms with Crippen molar-refractivity contribution in [2.45, 2.75) is 13.5 Å². The van der Waals surface area contributed by atoms with E-state index in [4.69, 9.17) is 5.73 Å². The lowest BCUT2D eigenvalue weighted by Crippen LogP contribution is -2.22. The second-order valence-corrected chi connectivity index (χ2v) is 6.24. The van der Waals surface area contributed by atoms with E-state index in [-0.39, 0.29) is 5.91 Å². The molecule has 0 unspecified atom stereocenters. The van der Waals surface area contributed by atoms with E-state index < -0.39 is 0 Å². The van der Waals surface area contributed by atoms with Gasteiger partial charge in [-0.05, 0) is 46.1 Å². The van der Waals surface area contributed by atoms with Crippen molar-refractivity contribution in [2.24, 2.45) is 0 Å². The number of rotatable bonds is 3. The Morgan fingerprint density at radius 3 is 2.94 bits per heavy atom. The van der Waals surface area contributed by atoms with Crippen LogP contribution in [-0.2, 0) is 6.54 Å². The third-order valence-electron chi connectivity index (χ3n) is 2.76. The highest BCUT2D eigenvalue weighted by Gasteiger charge is 2.08. The normalized spacial score (nSPS) is 10.3. The fourth-order valence-corrected chi connectivity index (χ4v) is 2.74. The maximum absolute atomic E-state index is 11.9. The number of carbonyl (C=O) groups is 1. The molecular formula is C13H13BrN2OS. The number of nitrogens with two attached hydrogens (primary N) is 1. The van der Waals surface area contributed by atoms with Gasteiger partial charge in [-0.15, -0.1) is 11.3 Å². The van der Waals surface area contributed by atoms with Gasteiger partial charge in [0.1, 0.15) is 0 Å². The summed E-state index contributed by atoms with van der Waals surface area (Å²) < 4.78 is 0.952. The first-order chi connectivity index (χ1) is 8.58. The van der Waals surface area contributed by atoms with Gasteiger partial charge in [-0.3, -0.25) is 4.79 Å². The molecule has 0 saturated heterocycles. The van der Waals surface area contributed by atoms with E-state index in [1.807, 2.05) is 36.6 Å². The van der Waals surface area contributed by atoms with E-state index in [1.54, 1.807) is 0 Å². The number of hydrogen-bond acceptors (Lipinski definition) is 3. The molecule has 1 heterocycles. The number of thiophene rings is 1. The number of carbonyl (C=O) groups excluding carboxylic acids is 1. The van der Waals surface area contributed by atoms with Crippen molar-refractivity contribution >= 4 is 38.9 Å². The molecule has 1 amide bonds. The average molecular weight is 325 g/mol. The van der Waals surface area contributed by atoms with Gasteiger partial charge in [-0.2, -0.15) is 0 Å². The van der Waals surface area contributed by atoms with E-state index in [0.717, 1.165) is 20.6 Å². The number of amides is 1. The number of nitrogen functional groups attached to an aromatic ring is 1. The van der Waals surface area contributed by atoms with Gasteiger partial charge >= 0.3 is 0 Å². The predicted octanol–water partition coefficient (Wildman–Crippen LogP) is 3.33. The van der Waals surface area contributed by atoms with Crippen LogP contribution in [0.2, 0.25) is 0 Å². The van der Waals surface area contributed by atoms with Crippen molar-refractivity contribution in [1.82, 2.24) is 5.32 Å². The highest BCUT2D eigenvalue weighted by Crippen LogP contribution is 2.21. The lowest BCUT2D eigenvalue weighted by Gasteiger charge is -2.09.